The molecule has 1 atom stereocenters. The molecule has 2 rings (SSSR count). The minimum atomic E-state index is -0.916. The predicted octanol–water partition coefficient (Wildman–Crippen LogP) is 3.95. The number of nitrogens with one attached hydrogen (secondary N) is 1. The van der Waals surface area contributed by atoms with Crippen LogP contribution in [0.3, 0.4) is 0 Å². The van der Waals surface area contributed by atoms with Gasteiger partial charge in [-0.25, -0.2) is 8.78 Å². The van der Waals surface area contributed by atoms with Crippen LogP contribution in [0.1, 0.15) is 31.9 Å². The number of anilines is 1. The summed E-state index contributed by atoms with van der Waals surface area (Å²) < 4.78 is 27.1. The Morgan fingerprint density at radius 2 is 2.12 bits per heavy atom. The van der Waals surface area contributed by atoms with Crippen molar-refractivity contribution in [3.05, 3.63) is 35.4 Å². The van der Waals surface area contributed by atoms with E-state index in [0.29, 0.717) is 9.90 Å². The Balaban J connectivity index is 1.90. The Bertz CT molecular complexity index is 726. The lowest BCUT2D eigenvalue weighted by molar-refractivity contribution is -0.128. The molecule has 0 saturated carbocycles. The second-order valence-electron chi connectivity index (χ2n) is 5.44. The van der Waals surface area contributed by atoms with Crippen molar-refractivity contribution in [1.82, 2.24) is 15.1 Å². The maximum absolute atomic E-state index is 13.4. The Labute approximate surface area is 153 Å². The van der Waals surface area contributed by atoms with Crippen molar-refractivity contribution >= 4 is 34.1 Å². The van der Waals surface area contributed by atoms with Crippen molar-refractivity contribution in [3.63, 3.8) is 0 Å². The van der Waals surface area contributed by atoms with Crippen LogP contribution in [0.5, 0.6) is 0 Å². The summed E-state index contributed by atoms with van der Waals surface area (Å²) in [6.07, 6.45) is 0.993. The summed E-state index contributed by atoms with van der Waals surface area (Å²) in [4.78, 5) is 13.9. The van der Waals surface area contributed by atoms with Crippen LogP contribution in [0.4, 0.5) is 13.9 Å². The summed E-state index contributed by atoms with van der Waals surface area (Å²) in [7, 11) is 1.64. The van der Waals surface area contributed by atoms with E-state index in [1.807, 2.05) is 0 Å². The van der Waals surface area contributed by atoms with Gasteiger partial charge in [-0.15, -0.1) is 10.2 Å². The Kier molecular flexibility index (Phi) is 7.12. The first-order valence-corrected chi connectivity index (χ1v) is 9.63. The zero-order valence-electron chi connectivity index (χ0n) is 14.3. The minimum absolute atomic E-state index is 0.125. The fourth-order valence-electron chi connectivity index (χ4n) is 2.01. The van der Waals surface area contributed by atoms with E-state index in [1.165, 1.54) is 34.1 Å². The molecule has 1 aromatic heterocycles. The highest BCUT2D eigenvalue weighted by Crippen LogP contribution is 2.27. The van der Waals surface area contributed by atoms with E-state index in [-0.39, 0.29) is 17.7 Å². The third-order valence-corrected chi connectivity index (χ3v) is 5.65. The zero-order chi connectivity index (χ0) is 18.4. The molecule has 2 aromatic rings. The average Bonchev–Trinajstić information content (AvgIpc) is 3.06. The number of nitrogens with zero attached hydrogens (tertiary/aromatic N) is 3. The molecular weight excluding hydrogens is 366 g/mol. The molecule has 0 fully saturated rings. The Hall–Kier alpha value is -1.74. The minimum Gasteiger partial charge on any atom is -0.360 e. The van der Waals surface area contributed by atoms with Crippen molar-refractivity contribution in [2.75, 3.05) is 24.7 Å². The lowest BCUT2D eigenvalue weighted by Gasteiger charge is -2.25. The van der Waals surface area contributed by atoms with Crippen LogP contribution in [0.25, 0.3) is 0 Å². The maximum Gasteiger partial charge on any atom is 0.233 e. The zero-order valence-corrected chi connectivity index (χ0v) is 15.9. The molecule has 1 amide bonds. The monoisotopic (exact) mass is 386 g/mol. The van der Waals surface area contributed by atoms with Gasteiger partial charge in [0.25, 0.3) is 0 Å². The lowest BCUT2D eigenvalue weighted by Crippen LogP contribution is -2.31. The molecule has 0 aliphatic carbocycles. The molecule has 0 saturated heterocycles. The highest BCUT2D eigenvalue weighted by atomic mass is 32.2. The van der Waals surface area contributed by atoms with E-state index >= 15 is 0 Å². The van der Waals surface area contributed by atoms with Crippen molar-refractivity contribution in [3.8, 4) is 0 Å². The van der Waals surface area contributed by atoms with Gasteiger partial charge in [-0.2, -0.15) is 0 Å². The summed E-state index contributed by atoms with van der Waals surface area (Å²) in [5.41, 5.74) is 0.543. The maximum atomic E-state index is 13.4. The van der Waals surface area contributed by atoms with E-state index in [2.05, 4.69) is 22.4 Å². The van der Waals surface area contributed by atoms with Crippen molar-refractivity contribution < 1.29 is 13.6 Å². The second-order valence-corrected chi connectivity index (χ2v) is 7.64. The lowest BCUT2D eigenvalue weighted by atomic mass is 10.1. The van der Waals surface area contributed by atoms with Gasteiger partial charge in [0.1, 0.15) is 0 Å². The number of hydrogen-bond donors (Lipinski definition) is 1. The molecule has 1 aromatic carbocycles. The summed E-state index contributed by atoms with van der Waals surface area (Å²) in [5.74, 6) is -1.74. The van der Waals surface area contributed by atoms with Gasteiger partial charge >= 0.3 is 0 Å². The third-order valence-electron chi connectivity index (χ3n) is 3.65. The summed E-state index contributed by atoms with van der Waals surface area (Å²) >= 11 is 2.71. The summed E-state index contributed by atoms with van der Waals surface area (Å²) in [6.45, 7) is 4.66. The van der Waals surface area contributed by atoms with E-state index in [0.717, 1.165) is 30.2 Å². The quantitative estimate of drug-likeness (QED) is 0.696. The van der Waals surface area contributed by atoms with Crippen LogP contribution in [0.2, 0.25) is 0 Å². The second kappa shape index (κ2) is 9.10. The first-order chi connectivity index (χ1) is 11.9. The van der Waals surface area contributed by atoms with Crippen LogP contribution in [0, 0.1) is 11.6 Å². The number of carbonyl (C=O) groups is 1. The van der Waals surface area contributed by atoms with E-state index in [1.54, 1.807) is 14.0 Å². The van der Waals surface area contributed by atoms with Gasteiger partial charge in [-0.1, -0.05) is 36.1 Å². The number of aromatic nitrogens is 2. The molecule has 0 bridgehead atoms. The van der Waals surface area contributed by atoms with E-state index in [4.69, 9.17) is 0 Å². The van der Waals surface area contributed by atoms with E-state index < -0.39 is 11.6 Å². The molecule has 1 N–H and O–H groups in total. The molecule has 1 heterocycles. The van der Waals surface area contributed by atoms with Gasteiger partial charge in [-0.05, 0) is 31.0 Å². The SMILES string of the molecule is CCCNc1nnc(SCC(=O)N(C)C(C)c2ccc(F)c(F)c2)s1. The number of rotatable bonds is 8. The van der Waals surface area contributed by atoms with Gasteiger partial charge in [0.2, 0.25) is 11.0 Å². The first-order valence-electron chi connectivity index (χ1n) is 7.83. The Morgan fingerprint density at radius 1 is 1.36 bits per heavy atom. The van der Waals surface area contributed by atoms with Gasteiger partial charge < -0.3 is 10.2 Å². The molecule has 0 radical (unpaired) electrons. The van der Waals surface area contributed by atoms with Crippen LogP contribution >= 0.6 is 23.1 Å². The highest BCUT2D eigenvalue weighted by molar-refractivity contribution is 8.01. The van der Waals surface area contributed by atoms with Crippen LogP contribution in [-0.2, 0) is 4.79 Å². The van der Waals surface area contributed by atoms with Gasteiger partial charge in [0.15, 0.2) is 16.0 Å². The highest BCUT2D eigenvalue weighted by Gasteiger charge is 2.19. The smallest absolute Gasteiger partial charge is 0.233 e. The van der Waals surface area contributed by atoms with E-state index in [9.17, 15) is 13.6 Å². The molecule has 5 nitrogen and oxygen atoms in total. The molecule has 0 aliphatic heterocycles. The number of halogens is 2. The van der Waals surface area contributed by atoms with Gasteiger partial charge in [0, 0.05) is 13.6 Å². The number of benzene rings is 1. The van der Waals surface area contributed by atoms with Crippen LogP contribution < -0.4 is 5.32 Å². The third kappa shape index (κ3) is 5.37. The molecular formula is C16H20F2N4OS2. The molecule has 0 aliphatic rings. The fraction of sp³-hybridized carbons (Fsp3) is 0.438. The van der Waals surface area contributed by atoms with Gasteiger partial charge in [0.05, 0.1) is 11.8 Å². The summed E-state index contributed by atoms with van der Waals surface area (Å²) in [6, 6.07) is 3.31. The Morgan fingerprint density at radius 3 is 2.80 bits per heavy atom. The first kappa shape index (κ1) is 19.6. The number of thioether (sulfide) groups is 1. The van der Waals surface area contributed by atoms with Crippen LogP contribution in [0.15, 0.2) is 22.5 Å². The molecule has 136 valence electrons. The summed E-state index contributed by atoms with van der Waals surface area (Å²) in [5, 5.41) is 11.9. The number of amides is 1. The molecule has 9 heteroatoms. The normalized spacial score (nSPS) is 12.0. The standard InChI is InChI=1S/C16H20F2N4OS2/c1-4-7-19-15-20-21-16(25-15)24-9-14(23)22(3)10(2)11-5-6-12(17)13(18)8-11/h5-6,8,10H,4,7,9H2,1-3H3,(H,19,20). The van der Waals surface area contributed by atoms with Crippen molar-refractivity contribution in [2.45, 2.75) is 30.6 Å². The number of carbonyl (C=O) groups excluding carboxylic acids is 1. The molecule has 1 unspecified atom stereocenters. The van der Waals surface area contributed by atoms with Crippen molar-refractivity contribution in [1.29, 1.82) is 0 Å². The van der Waals surface area contributed by atoms with Crippen LogP contribution in [-0.4, -0.2) is 40.3 Å². The fourth-order valence-corrected chi connectivity index (χ4v) is 3.71. The van der Waals surface area contributed by atoms with Crippen molar-refractivity contribution in [2.24, 2.45) is 0 Å². The number of hydrogen-bond acceptors (Lipinski definition) is 6. The molecule has 0 spiro atoms. The van der Waals surface area contributed by atoms with Gasteiger partial charge in [-0.3, -0.25) is 4.79 Å². The topological polar surface area (TPSA) is 58.1 Å². The predicted molar refractivity (Wildman–Crippen MR) is 97.0 cm³/mol. The average molecular weight is 386 g/mol. The molecule has 25 heavy (non-hydrogen) atoms. The largest absolute Gasteiger partial charge is 0.360 e.